The third-order valence-corrected chi connectivity index (χ3v) is 7.65. The fourth-order valence-electron chi connectivity index (χ4n) is 3.82. The number of benzene rings is 1. The molecule has 3 aromatic rings. The van der Waals surface area contributed by atoms with Crippen molar-refractivity contribution in [3.05, 3.63) is 43.0 Å². The van der Waals surface area contributed by atoms with Gasteiger partial charge in [-0.2, -0.15) is 4.31 Å². The van der Waals surface area contributed by atoms with Gasteiger partial charge in [0.15, 0.2) is 17.7 Å². The number of carboxylic acids is 1. The third-order valence-electron chi connectivity index (χ3n) is 5.77. The molecule has 3 heterocycles. The van der Waals surface area contributed by atoms with Crippen LogP contribution in [-0.2, 0) is 19.6 Å². The van der Waals surface area contributed by atoms with Crippen LogP contribution in [-0.4, -0.2) is 91.0 Å². The number of carbonyl (C=O) groups is 1. The van der Waals surface area contributed by atoms with E-state index in [0.29, 0.717) is 0 Å². The van der Waals surface area contributed by atoms with Crippen LogP contribution in [0.4, 0.5) is 5.82 Å². The molecule has 1 fully saturated rings. The van der Waals surface area contributed by atoms with Gasteiger partial charge in [-0.3, -0.25) is 9.36 Å². The summed E-state index contributed by atoms with van der Waals surface area (Å²) in [7, 11) is -4.11. The Hall–Kier alpha value is -3.21. The van der Waals surface area contributed by atoms with Crippen LogP contribution in [0.25, 0.3) is 11.2 Å². The number of ether oxygens (including phenoxy) is 1. The van der Waals surface area contributed by atoms with Gasteiger partial charge in [0.2, 0.25) is 10.0 Å². The van der Waals surface area contributed by atoms with Gasteiger partial charge in [-0.05, 0) is 18.6 Å². The SMILES string of the molecule is Nc1ncnc2c1ncn2[C@@H]1O[C@H](CN(CC[C@H](N)C(=O)O)S(=O)(=O)c2ccccc2)[C@@H](O)[C@H]1O. The molecule has 14 nitrogen and oxygen atoms in total. The topological polar surface area (TPSA) is 220 Å². The molecule has 1 aromatic carbocycles. The van der Waals surface area contributed by atoms with E-state index in [2.05, 4.69) is 15.0 Å². The zero-order valence-corrected chi connectivity index (χ0v) is 19.1. The van der Waals surface area contributed by atoms with Crippen molar-refractivity contribution < 1.29 is 33.3 Å². The quantitative estimate of drug-likeness (QED) is 0.224. The Bertz CT molecular complexity index is 1300. The lowest BCUT2D eigenvalue weighted by atomic mass is 10.1. The number of aliphatic hydroxyl groups is 2. The van der Waals surface area contributed by atoms with E-state index in [1.165, 1.54) is 29.4 Å². The molecule has 15 heteroatoms. The molecule has 0 aliphatic carbocycles. The van der Waals surface area contributed by atoms with Crippen LogP contribution in [0.2, 0.25) is 0 Å². The number of aliphatic carboxylic acids is 1. The van der Waals surface area contributed by atoms with Crippen molar-refractivity contribution in [2.75, 3.05) is 18.8 Å². The van der Waals surface area contributed by atoms with Crippen LogP contribution in [0.3, 0.4) is 0 Å². The minimum atomic E-state index is -4.11. The van der Waals surface area contributed by atoms with Gasteiger partial charge in [0.1, 0.15) is 36.2 Å². The highest BCUT2D eigenvalue weighted by Gasteiger charge is 2.46. The second-order valence-corrected chi connectivity index (χ2v) is 9.98. The van der Waals surface area contributed by atoms with Gasteiger partial charge < -0.3 is 31.5 Å². The Labute approximate surface area is 199 Å². The Kier molecular flexibility index (Phi) is 6.98. The van der Waals surface area contributed by atoms with Crippen LogP contribution >= 0.6 is 0 Å². The minimum absolute atomic E-state index is 0.0266. The standard InChI is InChI=1S/C20H25N7O7S/c21-12(20(30)31)6-7-26(35(32,33)11-4-2-1-3-5-11)8-13-15(28)16(29)19(34-13)27-10-25-14-17(22)23-9-24-18(14)27/h1-5,9-10,12-13,15-16,19,28-29H,6-8,21H2,(H,30,31)(H2,22,23,24)/t12-,13+,15+,16+,19+/m0/s1. The summed E-state index contributed by atoms with van der Waals surface area (Å²) >= 11 is 0. The number of aromatic nitrogens is 4. The fraction of sp³-hybridized carbons (Fsp3) is 0.400. The van der Waals surface area contributed by atoms with Crippen LogP contribution in [0.5, 0.6) is 0 Å². The van der Waals surface area contributed by atoms with Gasteiger partial charge in [-0.15, -0.1) is 0 Å². The van der Waals surface area contributed by atoms with E-state index in [-0.39, 0.29) is 41.4 Å². The van der Waals surface area contributed by atoms with Crippen LogP contribution in [0.15, 0.2) is 47.9 Å². The number of nitrogens with two attached hydrogens (primary N) is 2. The van der Waals surface area contributed by atoms with Crippen molar-refractivity contribution in [2.24, 2.45) is 5.73 Å². The Morgan fingerprint density at radius 2 is 1.89 bits per heavy atom. The normalized spacial score (nSPS) is 23.7. The smallest absolute Gasteiger partial charge is 0.320 e. The molecule has 0 radical (unpaired) electrons. The predicted molar refractivity (Wildman–Crippen MR) is 121 cm³/mol. The van der Waals surface area contributed by atoms with E-state index in [9.17, 15) is 23.4 Å². The van der Waals surface area contributed by atoms with Crippen molar-refractivity contribution >= 4 is 33.0 Å². The van der Waals surface area contributed by atoms with E-state index < -0.39 is 46.6 Å². The first kappa shape index (κ1) is 24.9. The lowest BCUT2D eigenvalue weighted by molar-refractivity contribution is -0.138. The molecule has 1 aliphatic rings. The number of hydrogen-bond acceptors (Lipinski definition) is 11. The lowest BCUT2D eigenvalue weighted by Gasteiger charge is -2.27. The molecular formula is C20H25N7O7S. The average molecular weight is 508 g/mol. The number of anilines is 1. The number of nitrogen functional groups attached to an aromatic ring is 1. The van der Waals surface area contributed by atoms with Gasteiger partial charge >= 0.3 is 5.97 Å². The molecule has 7 N–H and O–H groups in total. The maximum Gasteiger partial charge on any atom is 0.320 e. The second kappa shape index (κ2) is 9.80. The molecular weight excluding hydrogens is 482 g/mol. The number of imidazole rings is 1. The maximum absolute atomic E-state index is 13.3. The molecule has 0 spiro atoms. The predicted octanol–water partition coefficient (Wildman–Crippen LogP) is -1.48. The fourth-order valence-corrected chi connectivity index (χ4v) is 5.31. The molecule has 1 aliphatic heterocycles. The molecule has 0 saturated carbocycles. The summed E-state index contributed by atoms with van der Waals surface area (Å²) in [6, 6.07) is 6.24. The third kappa shape index (κ3) is 4.82. The Morgan fingerprint density at radius 3 is 2.57 bits per heavy atom. The minimum Gasteiger partial charge on any atom is -0.480 e. The van der Waals surface area contributed by atoms with E-state index in [4.69, 9.17) is 21.3 Å². The number of rotatable bonds is 9. The first-order valence-corrected chi connectivity index (χ1v) is 12.0. The molecule has 0 unspecified atom stereocenters. The molecule has 5 atom stereocenters. The summed E-state index contributed by atoms with van der Waals surface area (Å²) in [5.74, 6) is -1.16. The number of hydrogen-bond donors (Lipinski definition) is 5. The molecule has 0 bridgehead atoms. The number of carboxylic acid groups (broad SMARTS) is 1. The maximum atomic E-state index is 13.3. The largest absolute Gasteiger partial charge is 0.480 e. The summed E-state index contributed by atoms with van der Waals surface area (Å²) in [5, 5.41) is 30.5. The Balaban J connectivity index is 1.60. The molecule has 35 heavy (non-hydrogen) atoms. The van der Waals surface area contributed by atoms with Gasteiger partial charge in [0.05, 0.1) is 11.2 Å². The molecule has 0 amide bonds. The monoisotopic (exact) mass is 507 g/mol. The van der Waals surface area contributed by atoms with Crippen LogP contribution < -0.4 is 11.5 Å². The zero-order chi connectivity index (χ0) is 25.3. The number of aliphatic hydroxyl groups excluding tert-OH is 2. The summed E-state index contributed by atoms with van der Waals surface area (Å²) in [6.07, 6.45) is -2.87. The highest BCUT2D eigenvalue weighted by molar-refractivity contribution is 7.89. The van der Waals surface area contributed by atoms with Crippen LogP contribution in [0.1, 0.15) is 12.6 Å². The first-order chi connectivity index (χ1) is 16.6. The molecule has 2 aromatic heterocycles. The first-order valence-electron chi connectivity index (χ1n) is 10.6. The zero-order valence-electron chi connectivity index (χ0n) is 18.3. The van der Waals surface area contributed by atoms with Crippen molar-refractivity contribution in [3.63, 3.8) is 0 Å². The highest BCUT2D eigenvalue weighted by Crippen LogP contribution is 2.33. The van der Waals surface area contributed by atoms with E-state index >= 15 is 0 Å². The van der Waals surface area contributed by atoms with Gasteiger partial charge in [0, 0.05) is 13.1 Å². The number of nitrogens with zero attached hydrogens (tertiary/aromatic N) is 5. The second-order valence-electron chi connectivity index (χ2n) is 8.04. The molecule has 188 valence electrons. The van der Waals surface area contributed by atoms with Gasteiger partial charge in [-0.1, -0.05) is 18.2 Å². The van der Waals surface area contributed by atoms with Crippen molar-refractivity contribution in [1.29, 1.82) is 0 Å². The van der Waals surface area contributed by atoms with Crippen molar-refractivity contribution in [3.8, 4) is 0 Å². The van der Waals surface area contributed by atoms with E-state index in [0.717, 1.165) is 4.31 Å². The summed E-state index contributed by atoms with van der Waals surface area (Å²) < 4.78 is 34.8. The number of fused-ring (bicyclic) bond motifs is 1. The molecule has 4 rings (SSSR count). The van der Waals surface area contributed by atoms with Crippen LogP contribution in [0, 0.1) is 0 Å². The average Bonchev–Trinajstić information content (AvgIpc) is 3.39. The van der Waals surface area contributed by atoms with E-state index in [1.807, 2.05) is 0 Å². The van der Waals surface area contributed by atoms with Gasteiger partial charge in [-0.25, -0.2) is 23.4 Å². The van der Waals surface area contributed by atoms with Crippen molar-refractivity contribution in [1.82, 2.24) is 23.8 Å². The van der Waals surface area contributed by atoms with Gasteiger partial charge in [0.25, 0.3) is 0 Å². The Morgan fingerprint density at radius 1 is 1.17 bits per heavy atom. The summed E-state index contributed by atoms with van der Waals surface area (Å²) in [6.45, 7) is -0.627. The van der Waals surface area contributed by atoms with E-state index in [1.54, 1.807) is 18.2 Å². The highest BCUT2D eigenvalue weighted by atomic mass is 32.2. The van der Waals surface area contributed by atoms with Crippen molar-refractivity contribution in [2.45, 2.75) is 41.9 Å². The number of sulfonamides is 1. The summed E-state index contributed by atoms with van der Waals surface area (Å²) in [5.41, 5.74) is 11.9. The molecule has 1 saturated heterocycles. The lowest BCUT2D eigenvalue weighted by Crippen LogP contribution is -2.45. The summed E-state index contributed by atoms with van der Waals surface area (Å²) in [4.78, 5) is 23.2.